The molecule has 7 heteroatoms. The van der Waals surface area contributed by atoms with Crippen molar-refractivity contribution in [2.75, 3.05) is 20.1 Å². The largest absolute Gasteiger partial charge is 0.376 e. The zero-order chi connectivity index (χ0) is 12.1. The molecule has 0 spiro atoms. The molecule has 2 amide bonds. The standard InChI is InChI=1S/C9H16N4O2S/c1-11-8(15)6-3-2-4-13(6)7(14)5-12-9(10)16/h6H,2-5H2,1H3,(H,11,15)(H3,10,12,16). The molecule has 1 aliphatic heterocycles. The average Bonchev–Trinajstić information content (AvgIpc) is 2.73. The lowest BCUT2D eigenvalue weighted by Crippen LogP contribution is -2.48. The quantitative estimate of drug-likeness (QED) is 0.529. The van der Waals surface area contributed by atoms with Crippen LogP contribution < -0.4 is 16.4 Å². The van der Waals surface area contributed by atoms with Crippen LogP contribution in [0.4, 0.5) is 0 Å². The fraction of sp³-hybridized carbons (Fsp3) is 0.667. The highest BCUT2D eigenvalue weighted by molar-refractivity contribution is 7.80. The number of amides is 2. The van der Waals surface area contributed by atoms with Crippen LogP contribution in [0.25, 0.3) is 0 Å². The predicted octanol–water partition coefficient (Wildman–Crippen LogP) is -1.44. The summed E-state index contributed by atoms with van der Waals surface area (Å²) in [4.78, 5) is 24.8. The SMILES string of the molecule is CNC(=O)C1CCCN1C(=O)CNC(N)=S. The molecule has 16 heavy (non-hydrogen) atoms. The molecule has 4 N–H and O–H groups in total. The minimum Gasteiger partial charge on any atom is -0.376 e. The number of hydrogen-bond acceptors (Lipinski definition) is 3. The Morgan fingerprint density at radius 3 is 2.81 bits per heavy atom. The van der Waals surface area contributed by atoms with E-state index in [1.54, 1.807) is 11.9 Å². The molecule has 0 aromatic rings. The van der Waals surface area contributed by atoms with Crippen molar-refractivity contribution < 1.29 is 9.59 Å². The maximum absolute atomic E-state index is 11.7. The number of likely N-dealkylation sites (tertiary alicyclic amines) is 1. The van der Waals surface area contributed by atoms with E-state index < -0.39 is 0 Å². The van der Waals surface area contributed by atoms with Crippen molar-refractivity contribution >= 4 is 29.1 Å². The molecule has 6 nitrogen and oxygen atoms in total. The van der Waals surface area contributed by atoms with E-state index in [-0.39, 0.29) is 29.5 Å². The Morgan fingerprint density at radius 1 is 1.56 bits per heavy atom. The van der Waals surface area contributed by atoms with Crippen molar-refractivity contribution in [2.24, 2.45) is 5.73 Å². The van der Waals surface area contributed by atoms with Gasteiger partial charge < -0.3 is 21.3 Å². The first-order chi connectivity index (χ1) is 7.56. The maximum Gasteiger partial charge on any atom is 0.242 e. The fourth-order valence-corrected chi connectivity index (χ4v) is 1.84. The Balaban J connectivity index is 2.54. The molecule has 0 radical (unpaired) electrons. The van der Waals surface area contributed by atoms with E-state index >= 15 is 0 Å². The summed E-state index contributed by atoms with van der Waals surface area (Å²) in [5, 5.41) is 5.23. The maximum atomic E-state index is 11.7. The first kappa shape index (κ1) is 12.7. The molecule has 90 valence electrons. The summed E-state index contributed by atoms with van der Waals surface area (Å²) < 4.78 is 0. The second-order valence-corrected chi connectivity index (χ2v) is 4.02. The van der Waals surface area contributed by atoms with Gasteiger partial charge in [-0.15, -0.1) is 0 Å². The van der Waals surface area contributed by atoms with E-state index in [0.717, 1.165) is 6.42 Å². The van der Waals surface area contributed by atoms with Crippen molar-refractivity contribution in [1.29, 1.82) is 0 Å². The van der Waals surface area contributed by atoms with E-state index in [1.165, 1.54) is 0 Å². The summed E-state index contributed by atoms with van der Waals surface area (Å²) >= 11 is 4.61. The zero-order valence-electron chi connectivity index (χ0n) is 9.16. The number of thiocarbonyl (C=S) groups is 1. The third-order valence-corrected chi connectivity index (χ3v) is 2.68. The minimum atomic E-state index is -0.356. The highest BCUT2D eigenvalue weighted by atomic mass is 32.1. The van der Waals surface area contributed by atoms with Gasteiger partial charge in [0, 0.05) is 13.6 Å². The molecule has 0 bridgehead atoms. The first-order valence-electron chi connectivity index (χ1n) is 5.10. The number of nitrogens with one attached hydrogen (secondary N) is 2. The Bertz CT molecular complexity index is 308. The van der Waals surface area contributed by atoms with E-state index in [9.17, 15) is 9.59 Å². The molecule has 1 rings (SSSR count). The van der Waals surface area contributed by atoms with Crippen molar-refractivity contribution in [3.05, 3.63) is 0 Å². The number of hydrogen-bond donors (Lipinski definition) is 3. The van der Waals surface area contributed by atoms with E-state index in [0.29, 0.717) is 13.0 Å². The molecule has 0 aromatic carbocycles. The van der Waals surface area contributed by atoms with Crippen LogP contribution in [0.3, 0.4) is 0 Å². The molecular weight excluding hydrogens is 228 g/mol. The molecule has 1 unspecified atom stereocenters. The van der Waals surface area contributed by atoms with Gasteiger partial charge in [-0.3, -0.25) is 9.59 Å². The van der Waals surface area contributed by atoms with Crippen LogP contribution in [0.5, 0.6) is 0 Å². The summed E-state index contributed by atoms with van der Waals surface area (Å²) in [5.74, 6) is -0.278. The van der Waals surface area contributed by atoms with Crippen LogP contribution in [0, 0.1) is 0 Å². The molecule has 1 aliphatic rings. The summed E-state index contributed by atoms with van der Waals surface area (Å²) in [6.07, 6.45) is 1.55. The monoisotopic (exact) mass is 244 g/mol. The van der Waals surface area contributed by atoms with Gasteiger partial charge in [-0.1, -0.05) is 0 Å². The van der Waals surface area contributed by atoms with Crippen molar-refractivity contribution in [3.8, 4) is 0 Å². The Kier molecular flexibility index (Phi) is 4.48. The van der Waals surface area contributed by atoms with E-state index in [2.05, 4.69) is 22.9 Å². The number of likely N-dealkylation sites (N-methyl/N-ethyl adjacent to an activating group) is 1. The highest BCUT2D eigenvalue weighted by Gasteiger charge is 2.33. The van der Waals surface area contributed by atoms with Crippen LogP contribution in [-0.2, 0) is 9.59 Å². The lowest BCUT2D eigenvalue weighted by molar-refractivity contribution is -0.137. The molecule has 0 aliphatic carbocycles. The number of nitrogens with zero attached hydrogens (tertiary/aromatic N) is 1. The second-order valence-electron chi connectivity index (χ2n) is 3.58. The molecule has 0 saturated carbocycles. The Hall–Kier alpha value is -1.37. The molecule has 1 fully saturated rings. The number of carbonyl (C=O) groups is 2. The summed E-state index contributed by atoms with van der Waals surface area (Å²) in [6.45, 7) is 0.652. The van der Waals surface area contributed by atoms with E-state index in [1.807, 2.05) is 0 Å². The highest BCUT2D eigenvalue weighted by Crippen LogP contribution is 2.16. The van der Waals surface area contributed by atoms with Gasteiger partial charge in [0.25, 0.3) is 0 Å². The van der Waals surface area contributed by atoms with Crippen LogP contribution in [0.1, 0.15) is 12.8 Å². The second kappa shape index (κ2) is 5.64. The summed E-state index contributed by atoms with van der Waals surface area (Å²) in [5.41, 5.74) is 5.23. The van der Waals surface area contributed by atoms with Gasteiger partial charge >= 0.3 is 0 Å². The van der Waals surface area contributed by atoms with Crippen LogP contribution in [0.2, 0.25) is 0 Å². The Morgan fingerprint density at radius 2 is 2.25 bits per heavy atom. The molecule has 0 aromatic heterocycles. The number of rotatable bonds is 3. The zero-order valence-corrected chi connectivity index (χ0v) is 9.97. The normalized spacial score (nSPS) is 19.3. The molecule has 1 heterocycles. The lowest BCUT2D eigenvalue weighted by Gasteiger charge is -2.23. The molecule has 1 saturated heterocycles. The van der Waals surface area contributed by atoms with Gasteiger partial charge in [0.1, 0.15) is 6.04 Å². The minimum absolute atomic E-state index is 0.0445. The van der Waals surface area contributed by atoms with Gasteiger partial charge in [-0.05, 0) is 25.1 Å². The van der Waals surface area contributed by atoms with Gasteiger partial charge in [0.2, 0.25) is 11.8 Å². The third-order valence-electron chi connectivity index (χ3n) is 2.54. The first-order valence-corrected chi connectivity index (χ1v) is 5.51. The van der Waals surface area contributed by atoms with E-state index in [4.69, 9.17) is 5.73 Å². The summed E-state index contributed by atoms with van der Waals surface area (Å²) in [7, 11) is 1.57. The lowest BCUT2D eigenvalue weighted by atomic mass is 10.2. The Labute approximate surface area is 99.5 Å². The third kappa shape index (κ3) is 3.06. The van der Waals surface area contributed by atoms with Gasteiger partial charge in [-0.25, -0.2) is 0 Å². The van der Waals surface area contributed by atoms with Crippen molar-refractivity contribution in [3.63, 3.8) is 0 Å². The van der Waals surface area contributed by atoms with Crippen molar-refractivity contribution in [2.45, 2.75) is 18.9 Å². The number of carbonyl (C=O) groups excluding carboxylic acids is 2. The predicted molar refractivity (Wildman–Crippen MR) is 63.6 cm³/mol. The van der Waals surface area contributed by atoms with Crippen LogP contribution >= 0.6 is 12.2 Å². The molecule has 1 atom stereocenters. The topological polar surface area (TPSA) is 87.5 Å². The average molecular weight is 244 g/mol. The van der Waals surface area contributed by atoms with Crippen LogP contribution in [0.15, 0.2) is 0 Å². The van der Waals surface area contributed by atoms with Crippen LogP contribution in [-0.4, -0.2) is 48.0 Å². The smallest absolute Gasteiger partial charge is 0.242 e. The van der Waals surface area contributed by atoms with Gasteiger partial charge in [0.05, 0.1) is 6.54 Å². The fourth-order valence-electron chi connectivity index (χ4n) is 1.77. The number of nitrogens with two attached hydrogens (primary N) is 1. The molecular formula is C9H16N4O2S. The van der Waals surface area contributed by atoms with Gasteiger partial charge in [0.15, 0.2) is 5.11 Å². The van der Waals surface area contributed by atoms with Gasteiger partial charge in [-0.2, -0.15) is 0 Å². The van der Waals surface area contributed by atoms with Crippen molar-refractivity contribution in [1.82, 2.24) is 15.5 Å². The summed E-state index contributed by atoms with van der Waals surface area (Å²) in [6, 6.07) is -0.356.